The lowest BCUT2D eigenvalue weighted by Gasteiger charge is -2.23. The Labute approximate surface area is 146 Å². The van der Waals surface area contributed by atoms with Crippen molar-refractivity contribution in [1.29, 1.82) is 0 Å². The molecule has 1 aromatic heterocycles. The number of nitrogens with zero attached hydrogens (tertiary/aromatic N) is 3. The fraction of sp³-hybridized carbons (Fsp3) is 0.333. The van der Waals surface area contributed by atoms with Gasteiger partial charge >= 0.3 is 0 Å². The van der Waals surface area contributed by atoms with E-state index in [2.05, 4.69) is 14.9 Å². The molecule has 10 heteroatoms. The average molecular weight is 382 g/mol. The predicted molar refractivity (Wildman–Crippen MR) is 94.7 cm³/mol. The van der Waals surface area contributed by atoms with Crippen molar-refractivity contribution in [2.24, 2.45) is 0 Å². The molecule has 0 aliphatic carbocycles. The minimum atomic E-state index is -3.72. The molecule has 1 fully saturated rings. The highest BCUT2D eigenvalue weighted by Gasteiger charge is 2.31. The zero-order valence-corrected chi connectivity index (χ0v) is 15.2. The van der Waals surface area contributed by atoms with Gasteiger partial charge in [0.05, 0.1) is 16.4 Å². The summed E-state index contributed by atoms with van der Waals surface area (Å²) in [5.74, 6) is 0.850. The van der Waals surface area contributed by atoms with Crippen LogP contribution in [0.15, 0.2) is 47.4 Å². The van der Waals surface area contributed by atoms with E-state index in [4.69, 9.17) is 0 Å². The van der Waals surface area contributed by atoms with E-state index < -0.39 is 19.9 Å². The Morgan fingerprint density at radius 1 is 1.12 bits per heavy atom. The zero-order valence-electron chi connectivity index (χ0n) is 13.5. The summed E-state index contributed by atoms with van der Waals surface area (Å²) in [6.07, 6.45) is 0.545. The van der Waals surface area contributed by atoms with Crippen LogP contribution in [-0.4, -0.2) is 51.6 Å². The molecule has 1 aromatic carbocycles. The largest absolute Gasteiger partial charge is 0.354 e. The third-order valence-corrected chi connectivity index (χ3v) is 7.18. The van der Waals surface area contributed by atoms with E-state index in [9.17, 15) is 16.8 Å². The minimum absolute atomic E-state index is 0.0908. The highest BCUT2D eigenvalue weighted by atomic mass is 32.2. The fourth-order valence-electron chi connectivity index (χ4n) is 2.63. The number of aromatic nitrogens is 2. The lowest BCUT2D eigenvalue weighted by molar-refractivity contribution is 0.598. The highest BCUT2D eigenvalue weighted by Crippen LogP contribution is 2.22. The second-order valence-electron chi connectivity index (χ2n) is 5.86. The fourth-order valence-corrected chi connectivity index (χ4v) is 5.42. The Morgan fingerprint density at radius 3 is 2.40 bits per heavy atom. The van der Waals surface area contributed by atoms with Gasteiger partial charge in [0.2, 0.25) is 0 Å². The monoisotopic (exact) mass is 382 g/mol. The predicted octanol–water partition coefficient (Wildman–Crippen LogP) is 0.901. The van der Waals surface area contributed by atoms with Gasteiger partial charge in [-0.25, -0.2) is 16.8 Å². The van der Waals surface area contributed by atoms with Crippen molar-refractivity contribution in [1.82, 2.24) is 10.2 Å². The van der Waals surface area contributed by atoms with Crippen LogP contribution in [0.3, 0.4) is 0 Å². The van der Waals surface area contributed by atoms with Gasteiger partial charge in [-0.1, -0.05) is 18.2 Å². The summed E-state index contributed by atoms with van der Waals surface area (Å²) >= 11 is 0. The van der Waals surface area contributed by atoms with Gasteiger partial charge in [0.25, 0.3) is 10.0 Å². The van der Waals surface area contributed by atoms with Gasteiger partial charge in [-0.15, -0.1) is 10.2 Å². The number of sulfonamides is 1. The minimum Gasteiger partial charge on any atom is -0.354 e. The molecule has 0 bridgehead atoms. The maximum absolute atomic E-state index is 12.2. The topological polar surface area (TPSA) is 109 Å². The van der Waals surface area contributed by atoms with Crippen molar-refractivity contribution in [2.45, 2.75) is 17.4 Å². The summed E-state index contributed by atoms with van der Waals surface area (Å²) in [6, 6.07) is 10.9. The quantitative estimate of drug-likeness (QED) is 0.818. The van der Waals surface area contributed by atoms with E-state index in [-0.39, 0.29) is 28.3 Å². The molecule has 0 spiro atoms. The van der Waals surface area contributed by atoms with Crippen molar-refractivity contribution in [3.05, 3.63) is 42.5 Å². The van der Waals surface area contributed by atoms with Crippen LogP contribution in [0.1, 0.15) is 6.42 Å². The number of hydrogen-bond donors (Lipinski definition) is 1. The average Bonchev–Trinajstić information content (AvgIpc) is 2.95. The smallest absolute Gasteiger partial charge is 0.263 e. The Bertz CT molecular complexity index is 945. The lowest BCUT2D eigenvalue weighted by atomic mass is 10.2. The molecule has 0 radical (unpaired) electrons. The van der Waals surface area contributed by atoms with E-state index in [1.54, 1.807) is 36.2 Å². The molecule has 3 rings (SSSR count). The number of nitrogens with one attached hydrogen (secondary N) is 1. The van der Waals surface area contributed by atoms with Crippen LogP contribution in [0.25, 0.3) is 0 Å². The van der Waals surface area contributed by atoms with Crippen molar-refractivity contribution >= 4 is 31.5 Å². The number of anilines is 2. The van der Waals surface area contributed by atoms with E-state index in [0.717, 1.165) is 0 Å². The van der Waals surface area contributed by atoms with Crippen molar-refractivity contribution < 1.29 is 16.8 Å². The molecule has 1 atom stereocenters. The summed E-state index contributed by atoms with van der Waals surface area (Å²) in [7, 11) is -4.96. The van der Waals surface area contributed by atoms with Gasteiger partial charge in [-0.05, 0) is 30.7 Å². The molecule has 134 valence electrons. The standard InChI is InChI=1S/C15H18N4O4S2/c1-19(12-9-10-24(20,21)11-12)15-8-7-14(16-17-15)18-25(22,23)13-5-3-2-4-6-13/h2-8,12H,9-11H2,1H3,(H,16,18). The number of benzene rings is 1. The molecule has 8 nitrogen and oxygen atoms in total. The Morgan fingerprint density at radius 2 is 1.84 bits per heavy atom. The van der Waals surface area contributed by atoms with Gasteiger partial charge in [-0.2, -0.15) is 0 Å². The maximum Gasteiger partial charge on any atom is 0.263 e. The van der Waals surface area contributed by atoms with Crippen LogP contribution in [-0.2, 0) is 19.9 Å². The Kier molecular flexibility index (Phi) is 4.65. The van der Waals surface area contributed by atoms with Crippen LogP contribution >= 0.6 is 0 Å². The summed E-state index contributed by atoms with van der Waals surface area (Å²) in [5.41, 5.74) is 0. The van der Waals surface area contributed by atoms with Crippen LogP contribution in [0.4, 0.5) is 11.6 Å². The molecule has 25 heavy (non-hydrogen) atoms. The van der Waals surface area contributed by atoms with Crippen LogP contribution in [0, 0.1) is 0 Å². The molecule has 0 saturated carbocycles. The first-order valence-electron chi connectivity index (χ1n) is 7.62. The van der Waals surface area contributed by atoms with E-state index in [1.807, 2.05) is 0 Å². The normalized spacial score (nSPS) is 19.5. The summed E-state index contributed by atoms with van der Waals surface area (Å²) < 4.78 is 50.0. The van der Waals surface area contributed by atoms with Gasteiger partial charge in [0.15, 0.2) is 21.5 Å². The van der Waals surface area contributed by atoms with E-state index in [0.29, 0.717) is 12.2 Å². The van der Waals surface area contributed by atoms with Gasteiger partial charge < -0.3 is 4.90 Å². The zero-order chi connectivity index (χ0) is 18.1. The van der Waals surface area contributed by atoms with Gasteiger partial charge in [-0.3, -0.25) is 4.72 Å². The molecule has 1 unspecified atom stereocenters. The summed E-state index contributed by atoms with van der Waals surface area (Å²) in [5, 5.41) is 7.89. The van der Waals surface area contributed by atoms with Crippen molar-refractivity contribution in [3.63, 3.8) is 0 Å². The second-order valence-corrected chi connectivity index (χ2v) is 9.77. The lowest BCUT2D eigenvalue weighted by Crippen LogP contribution is -2.33. The Balaban J connectivity index is 1.72. The molecule has 1 saturated heterocycles. The van der Waals surface area contributed by atoms with Gasteiger partial charge in [0, 0.05) is 13.1 Å². The molecule has 1 N–H and O–H groups in total. The second kappa shape index (κ2) is 6.60. The molecule has 1 aliphatic heterocycles. The third-order valence-electron chi connectivity index (χ3n) is 4.06. The van der Waals surface area contributed by atoms with Gasteiger partial charge in [0.1, 0.15) is 0 Å². The van der Waals surface area contributed by atoms with E-state index >= 15 is 0 Å². The molecule has 2 heterocycles. The number of sulfone groups is 1. The SMILES string of the molecule is CN(c1ccc(NS(=O)(=O)c2ccccc2)nn1)C1CCS(=O)(=O)C1. The molecular weight excluding hydrogens is 364 g/mol. The first-order valence-corrected chi connectivity index (χ1v) is 10.9. The highest BCUT2D eigenvalue weighted by molar-refractivity contribution is 7.92. The van der Waals surface area contributed by atoms with Crippen LogP contribution in [0.2, 0.25) is 0 Å². The van der Waals surface area contributed by atoms with Crippen molar-refractivity contribution in [3.8, 4) is 0 Å². The molecule has 0 amide bonds. The van der Waals surface area contributed by atoms with Crippen molar-refractivity contribution in [2.75, 3.05) is 28.2 Å². The van der Waals surface area contributed by atoms with Crippen LogP contribution < -0.4 is 9.62 Å². The third kappa shape index (κ3) is 4.07. The first kappa shape index (κ1) is 17.6. The first-order chi connectivity index (χ1) is 11.8. The summed E-state index contributed by atoms with van der Waals surface area (Å²) in [6.45, 7) is 0. The number of hydrogen-bond acceptors (Lipinski definition) is 7. The van der Waals surface area contributed by atoms with E-state index in [1.165, 1.54) is 18.2 Å². The number of rotatable bonds is 5. The molecule has 2 aromatic rings. The molecular formula is C15H18N4O4S2. The summed E-state index contributed by atoms with van der Waals surface area (Å²) in [4.78, 5) is 1.89. The Hall–Kier alpha value is -2.20. The maximum atomic E-state index is 12.2. The molecule has 1 aliphatic rings. The van der Waals surface area contributed by atoms with Crippen LogP contribution in [0.5, 0.6) is 0 Å².